The van der Waals surface area contributed by atoms with Crippen LogP contribution in [0.2, 0.25) is 0 Å². The van der Waals surface area contributed by atoms with Gasteiger partial charge < -0.3 is 29.4 Å². The minimum absolute atomic E-state index is 0.00510. The van der Waals surface area contributed by atoms with Crippen molar-refractivity contribution in [2.75, 3.05) is 38.2 Å². The molecule has 4 fully saturated rings. The Balaban J connectivity index is 1.29. The summed E-state index contributed by atoms with van der Waals surface area (Å²) in [6.07, 6.45) is 13.5. The monoisotopic (exact) mass is 663 g/mol. The van der Waals surface area contributed by atoms with Crippen LogP contribution in [0, 0.1) is 36.3 Å². The van der Waals surface area contributed by atoms with Crippen molar-refractivity contribution in [3.63, 3.8) is 0 Å². The number of fused-ring (bicyclic) bond motifs is 7. The smallest absolute Gasteiger partial charge is 0.319 e. The van der Waals surface area contributed by atoms with E-state index in [-0.39, 0.29) is 45.0 Å². The lowest BCUT2D eigenvalue weighted by molar-refractivity contribution is 0.0133. The van der Waals surface area contributed by atoms with Crippen molar-refractivity contribution in [1.29, 1.82) is 0 Å². The first-order valence-corrected chi connectivity index (χ1v) is 17.4. The second-order valence-electron chi connectivity index (χ2n) is 14.7. The zero-order chi connectivity index (χ0) is 33.6. The van der Waals surface area contributed by atoms with Crippen molar-refractivity contribution in [1.82, 2.24) is 20.2 Å². The van der Waals surface area contributed by atoms with Gasteiger partial charge in [0.25, 0.3) is 0 Å². The first-order chi connectivity index (χ1) is 23.7. The number of terminal acetylenes is 1. The van der Waals surface area contributed by atoms with Gasteiger partial charge in [-0.05, 0) is 88.7 Å². The maximum absolute atomic E-state index is 17.6. The van der Waals surface area contributed by atoms with Gasteiger partial charge in [0.05, 0.1) is 23.1 Å². The van der Waals surface area contributed by atoms with Gasteiger partial charge in [0.1, 0.15) is 34.2 Å². The van der Waals surface area contributed by atoms with Crippen molar-refractivity contribution in [3.8, 4) is 35.2 Å². The molecule has 3 saturated heterocycles. The molecule has 10 heteroatoms. The summed E-state index contributed by atoms with van der Waals surface area (Å²) in [5.74, 6) is 2.24. The number of piperidine rings is 1. The lowest BCUT2D eigenvalue weighted by atomic mass is 9.76. The maximum atomic E-state index is 17.6. The largest absolute Gasteiger partial charge is 0.508 e. The lowest BCUT2D eigenvalue weighted by Crippen LogP contribution is -2.51. The third kappa shape index (κ3) is 4.77. The van der Waals surface area contributed by atoms with E-state index in [4.69, 9.17) is 25.5 Å². The zero-order valence-corrected chi connectivity index (χ0v) is 27.8. The highest BCUT2D eigenvalue weighted by atomic mass is 19.1. The van der Waals surface area contributed by atoms with Crippen molar-refractivity contribution >= 4 is 38.5 Å². The first-order valence-electron chi connectivity index (χ1n) is 17.4. The molecule has 4 aliphatic rings. The number of ether oxygens (including phenoxy) is 1. The highest BCUT2D eigenvalue weighted by Crippen LogP contribution is 2.49. The number of aromatic nitrogens is 2. The van der Waals surface area contributed by atoms with E-state index < -0.39 is 11.6 Å². The van der Waals surface area contributed by atoms with E-state index in [1.54, 1.807) is 0 Å². The van der Waals surface area contributed by atoms with Crippen molar-refractivity contribution in [3.05, 3.63) is 53.3 Å². The fourth-order valence-corrected chi connectivity index (χ4v) is 9.59. The van der Waals surface area contributed by atoms with Crippen LogP contribution in [0.3, 0.4) is 0 Å². The van der Waals surface area contributed by atoms with Crippen LogP contribution >= 0.6 is 0 Å². The fraction of sp³-hybridized carbons (Fsp3) is 0.436. The van der Waals surface area contributed by atoms with Gasteiger partial charge in [0.15, 0.2) is 5.82 Å². The van der Waals surface area contributed by atoms with Crippen LogP contribution in [0.4, 0.5) is 14.6 Å². The zero-order valence-electron chi connectivity index (χ0n) is 27.8. The highest BCUT2D eigenvalue weighted by Gasteiger charge is 2.47. The number of nitrogens with zero attached hydrogens (tertiary/aromatic N) is 4. The molecule has 3 aliphatic heterocycles. The van der Waals surface area contributed by atoms with Gasteiger partial charge in [-0.25, -0.2) is 8.78 Å². The van der Waals surface area contributed by atoms with Crippen LogP contribution in [0.25, 0.3) is 43.8 Å². The molecule has 0 radical (unpaired) electrons. The van der Waals surface area contributed by atoms with E-state index in [2.05, 4.69) is 28.1 Å². The molecule has 3 aromatic carbocycles. The van der Waals surface area contributed by atoms with E-state index in [0.29, 0.717) is 57.9 Å². The second kappa shape index (κ2) is 11.3. The number of likely N-dealkylation sites (tertiary alicyclic amines) is 1. The number of anilines is 1. The van der Waals surface area contributed by atoms with Crippen LogP contribution in [0.5, 0.6) is 11.8 Å². The average molecular weight is 664 g/mol. The van der Waals surface area contributed by atoms with Crippen LogP contribution in [0.15, 0.2) is 34.7 Å². The number of aromatic hydroxyl groups is 1. The minimum atomic E-state index is -0.670. The number of phenols is 1. The van der Waals surface area contributed by atoms with Gasteiger partial charge >= 0.3 is 6.01 Å². The summed E-state index contributed by atoms with van der Waals surface area (Å²) in [4.78, 5) is 14.6. The standard InChI is InChI=1S/C39H39F2N5O3/c1-4-26-29(40)11-8-22-16-25(47)17-27(31(22)26)32-34(41)35-33(28-15-21(2)49-36(28)32)37(46-18-23-9-10-24(19-46)42-23)44-38(43-35)48-20-39-12-5-7-30(39)45(3)14-6-13-39/h1,8,11,15-17,23-24,30,42,47H,5-7,9-10,12-14,18-20H2,2-3H3/t23?,24?,30-,39+/m1/s1. The van der Waals surface area contributed by atoms with Crippen molar-refractivity contribution in [2.45, 2.75) is 70.0 Å². The predicted octanol–water partition coefficient (Wildman–Crippen LogP) is 7.05. The molecule has 49 heavy (non-hydrogen) atoms. The third-order valence-electron chi connectivity index (χ3n) is 11.7. The molecule has 1 aliphatic carbocycles. The fourth-order valence-electron chi connectivity index (χ4n) is 9.59. The van der Waals surface area contributed by atoms with E-state index in [0.717, 1.165) is 64.6 Å². The Morgan fingerprint density at radius 3 is 2.67 bits per heavy atom. The van der Waals surface area contributed by atoms with Gasteiger partial charge in [0.2, 0.25) is 0 Å². The molecule has 8 nitrogen and oxygen atoms in total. The molecular formula is C39H39F2N5O3. The van der Waals surface area contributed by atoms with Gasteiger partial charge in [-0.2, -0.15) is 9.97 Å². The highest BCUT2D eigenvalue weighted by molar-refractivity contribution is 6.18. The van der Waals surface area contributed by atoms with Crippen molar-refractivity contribution in [2.24, 2.45) is 5.41 Å². The molecule has 4 atom stereocenters. The quantitative estimate of drug-likeness (QED) is 0.194. The minimum Gasteiger partial charge on any atom is -0.508 e. The van der Waals surface area contributed by atoms with Gasteiger partial charge in [0, 0.05) is 53.0 Å². The van der Waals surface area contributed by atoms with Crippen molar-refractivity contribution < 1.29 is 23.0 Å². The average Bonchev–Trinajstić information content (AvgIpc) is 3.80. The van der Waals surface area contributed by atoms with Gasteiger partial charge in [-0.15, -0.1) is 6.42 Å². The molecule has 1 saturated carbocycles. The Kier molecular flexibility index (Phi) is 7.05. The van der Waals surface area contributed by atoms with E-state index in [1.165, 1.54) is 24.3 Å². The van der Waals surface area contributed by atoms with E-state index in [1.807, 2.05) is 13.0 Å². The number of furan rings is 1. The summed E-state index contributed by atoms with van der Waals surface area (Å²) in [5, 5.41) is 16.5. The molecule has 5 heterocycles. The Labute approximate surface area is 283 Å². The molecule has 2 aromatic heterocycles. The number of rotatable bonds is 5. The Morgan fingerprint density at radius 1 is 1.08 bits per heavy atom. The normalized spacial score (nSPS) is 25.4. The lowest BCUT2D eigenvalue weighted by Gasteiger charge is -2.44. The van der Waals surface area contributed by atoms with E-state index >= 15 is 8.78 Å². The molecule has 9 rings (SSSR count). The first kappa shape index (κ1) is 30.6. The summed E-state index contributed by atoms with van der Waals surface area (Å²) in [5.41, 5.74) is 0.613. The molecule has 2 unspecified atom stereocenters. The van der Waals surface area contributed by atoms with Gasteiger partial charge in [-0.3, -0.25) is 0 Å². The Morgan fingerprint density at radius 2 is 1.88 bits per heavy atom. The number of nitrogens with one attached hydrogen (secondary N) is 1. The third-order valence-corrected chi connectivity index (χ3v) is 11.7. The van der Waals surface area contributed by atoms with E-state index in [9.17, 15) is 5.11 Å². The van der Waals surface area contributed by atoms with Crippen LogP contribution in [0.1, 0.15) is 56.3 Å². The summed E-state index contributed by atoms with van der Waals surface area (Å²) >= 11 is 0. The number of hydrogen-bond donors (Lipinski definition) is 2. The molecular weight excluding hydrogens is 624 g/mol. The summed E-state index contributed by atoms with van der Waals surface area (Å²) in [7, 11) is 2.20. The number of piperazine rings is 1. The summed E-state index contributed by atoms with van der Waals surface area (Å²) in [6, 6.07) is 8.76. The van der Waals surface area contributed by atoms with Crippen LogP contribution in [-0.4, -0.2) is 71.4 Å². The topological polar surface area (TPSA) is 86.9 Å². The summed E-state index contributed by atoms with van der Waals surface area (Å²) < 4.78 is 45.5. The second-order valence-corrected chi connectivity index (χ2v) is 14.7. The Hall–Kier alpha value is -4.46. The molecule has 5 aromatic rings. The maximum Gasteiger partial charge on any atom is 0.319 e. The number of benzene rings is 3. The molecule has 2 N–H and O–H groups in total. The number of aryl methyl sites for hydroxylation is 1. The van der Waals surface area contributed by atoms with Crippen LogP contribution in [-0.2, 0) is 0 Å². The molecule has 0 amide bonds. The van der Waals surface area contributed by atoms with Crippen LogP contribution < -0.4 is 15.0 Å². The SMILES string of the molecule is C#Cc1c(F)ccc2cc(O)cc(-c3c(F)c4nc(OC[C@@]56CCC[C@H]5N(C)CCC6)nc(N5CC6CCC(C5)N6)c4c4cc(C)oc34)c12. The molecule has 2 bridgehead atoms. The van der Waals surface area contributed by atoms with Gasteiger partial charge in [-0.1, -0.05) is 18.4 Å². The summed E-state index contributed by atoms with van der Waals surface area (Å²) in [6.45, 7) is 4.80. The Bertz CT molecular complexity index is 2200. The molecule has 0 spiro atoms. The predicted molar refractivity (Wildman–Crippen MR) is 186 cm³/mol. The number of halogens is 2. The number of hydrogen-bond acceptors (Lipinski definition) is 8. The number of phenolic OH excluding ortho intramolecular Hbond substituents is 1. The molecule has 252 valence electrons.